The average Bonchev–Trinajstić information content (AvgIpc) is 4.29. The van der Waals surface area contributed by atoms with Crippen LogP contribution in [0.3, 0.4) is 0 Å². The van der Waals surface area contributed by atoms with Crippen LogP contribution in [-0.4, -0.2) is 68.3 Å². The lowest BCUT2D eigenvalue weighted by atomic mass is 9.99. The molecule has 0 atom stereocenters. The summed E-state index contributed by atoms with van der Waals surface area (Å²) in [5.74, 6) is 2.59. The molecule has 0 aliphatic carbocycles. The Labute approximate surface area is 411 Å². The number of fused-ring (bicyclic) bond motifs is 12. The van der Waals surface area contributed by atoms with Crippen molar-refractivity contribution in [2.24, 2.45) is 0 Å². The summed E-state index contributed by atoms with van der Waals surface area (Å²) in [6.07, 6.45) is 7.18. The Morgan fingerprint density at radius 3 is 0.764 bits per heavy atom. The summed E-state index contributed by atoms with van der Waals surface area (Å²) in [5.41, 5.74) is 13.2. The Kier molecular flexibility index (Phi) is 10.1. The first-order valence-electron chi connectivity index (χ1n) is 23.5. The molecule has 9 heterocycles. The van der Waals surface area contributed by atoms with Gasteiger partial charge in [-0.25, -0.2) is 0 Å². The van der Waals surface area contributed by atoms with Crippen LogP contribution in [0.25, 0.3) is 65.9 Å². The van der Waals surface area contributed by atoms with E-state index in [1.165, 1.54) is 0 Å². The summed E-state index contributed by atoms with van der Waals surface area (Å²) in [4.78, 5) is 34.9. The molecular formula is C60H44N8O4. The highest BCUT2D eigenvalue weighted by Gasteiger charge is 2.25. The van der Waals surface area contributed by atoms with Crippen molar-refractivity contribution in [2.75, 3.05) is 28.4 Å². The zero-order chi connectivity index (χ0) is 48.5. The van der Waals surface area contributed by atoms with Crippen molar-refractivity contribution in [3.05, 3.63) is 237 Å². The van der Waals surface area contributed by atoms with Gasteiger partial charge >= 0.3 is 0 Å². The number of nitrogens with one attached hydrogen (secondary N) is 4. The van der Waals surface area contributed by atoms with Crippen LogP contribution in [0.2, 0.25) is 0 Å². The highest BCUT2D eigenvalue weighted by atomic mass is 16.5. The first-order valence-corrected chi connectivity index (χ1v) is 23.5. The predicted octanol–water partition coefficient (Wildman–Crippen LogP) is 8.53. The summed E-state index contributed by atoms with van der Waals surface area (Å²) in [6, 6.07) is 49.6. The Morgan fingerprint density at radius 2 is 0.528 bits per heavy atom. The predicted molar refractivity (Wildman–Crippen MR) is 281 cm³/mol. The number of benzene rings is 4. The molecule has 0 amide bonds. The maximum atomic E-state index is 6.30. The van der Waals surface area contributed by atoms with Crippen molar-refractivity contribution in [1.29, 1.82) is 0 Å². The molecule has 13 rings (SSSR count). The lowest BCUT2D eigenvalue weighted by molar-refractivity contribution is 0.417. The minimum atomic E-state index is 0.646. The van der Waals surface area contributed by atoms with Crippen LogP contribution in [0.5, 0.6) is 23.0 Å². The average molecular weight is 941 g/mol. The van der Waals surface area contributed by atoms with E-state index in [9.17, 15) is 0 Å². The minimum absolute atomic E-state index is 0.646. The summed E-state index contributed by atoms with van der Waals surface area (Å²) < 4.78 is 25.2. The highest BCUT2D eigenvalue weighted by Crippen LogP contribution is 2.40. The van der Waals surface area contributed by atoms with Crippen LogP contribution < -0.4 is 40.3 Å². The van der Waals surface area contributed by atoms with E-state index in [1.54, 1.807) is 53.2 Å². The highest BCUT2D eigenvalue weighted by molar-refractivity contribution is 5.98. The van der Waals surface area contributed by atoms with Gasteiger partial charge in [0.1, 0.15) is 22.1 Å². The van der Waals surface area contributed by atoms with Gasteiger partial charge in [0.15, 0.2) is 23.0 Å². The number of H-pyrrole nitrogens is 4. The number of ether oxygens (including phenoxy) is 4. The molecule has 348 valence electrons. The molecule has 1 aliphatic rings. The molecule has 8 bridgehead atoms. The molecule has 0 saturated heterocycles. The van der Waals surface area contributed by atoms with Gasteiger partial charge in [0.25, 0.3) is 0 Å². The van der Waals surface area contributed by atoms with Gasteiger partial charge in [-0.1, -0.05) is 48.5 Å². The summed E-state index contributed by atoms with van der Waals surface area (Å²) in [7, 11) is 6.79. The SMILES string of the molecule is COc1c(C2=c3ccc([nH]3)=C(c3ccc4cccnc4c3OC)c3ccc([nH]3)C(c3ccc4cccnc4c3OC)=c3ccc([nH]3)=C(c3ccc4cccnc4c3OC)c3ccc2[nH]3)ccc2cccnc12. The number of hydrogen-bond acceptors (Lipinski definition) is 8. The zero-order valence-corrected chi connectivity index (χ0v) is 39.6. The second kappa shape index (κ2) is 17.1. The van der Waals surface area contributed by atoms with Crippen LogP contribution in [0.1, 0.15) is 45.0 Å². The van der Waals surface area contributed by atoms with Crippen molar-refractivity contribution in [2.45, 2.75) is 0 Å². The molecule has 0 spiro atoms. The maximum Gasteiger partial charge on any atom is 0.153 e. The lowest BCUT2D eigenvalue weighted by Crippen LogP contribution is -2.19. The second-order valence-electron chi connectivity index (χ2n) is 17.5. The van der Waals surface area contributed by atoms with Crippen molar-refractivity contribution in [1.82, 2.24) is 39.9 Å². The van der Waals surface area contributed by atoms with Gasteiger partial charge < -0.3 is 38.9 Å². The molecule has 0 fully saturated rings. The maximum absolute atomic E-state index is 6.30. The zero-order valence-electron chi connectivity index (χ0n) is 39.6. The number of methoxy groups -OCH3 is 4. The van der Waals surface area contributed by atoms with Gasteiger partial charge in [-0.15, -0.1) is 0 Å². The molecule has 12 nitrogen and oxygen atoms in total. The van der Waals surface area contributed by atoms with Gasteiger partial charge in [0, 0.05) is 135 Å². The van der Waals surface area contributed by atoms with Crippen LogP contribution in [0.15, 0.2) is 170 Å². The first-order chi connectivity index (χ1) is 35.5. The van der Waals surface area contributed by atoms with Crippen molar-refractivity contribution in [3.8, 4) is 23.0 Å². The van der Waals surface area contributed by atoms with Crippen LogP contribution in [0, 0.1) is 0 Å². The molecule has 0 unspecified atom stereocenters. The Morgan fingerprint density at radius 1 is 0.278 bits per heavy atom. The minimum Gasteiger partial charge on any atom is -0.494 e. The summed E-state index contributed by atoms with van der Waals surface area (Å²) in [6.45, 7) is 0. The van der Waals surface area contributed by atoms with Crippen LogP contribution in [-0.2, 0) is 0 Å². The Hall–Kier alpha value is -9.68. The van der Waals surface area contributed by atoms with E-state index in [0.717, 1.165) is 132 Å². The van der Waals surface area contributed by atoms with E-state index in [1.807, 2.05) is 48.5 Å². The number of hydrogen-bond donors (Lipinski definition) is 4. The van der Waals surface area contributed by atoms with Gasteiger partial charge in [0.2, 0.25) is 0 Å². The number of aromatic nitrogens is 8. The van der Waals surface area contributed by atoms with Gasteiger partial charge in [0.05, 0.1) is 28.4 Å². The van der Waals surface area contributed by atoms with Crippen LogP contribution >= 0.6 is 0 Å². The van der Waals surface area contributed by atoms with Crippen molar-refractivity contribution >= 4 is 65.9 Å². The number of aromatic amines is 4. The molecule has 0 saturated carbocycles. The molecule has 4 aromatic carbocycles. The standard InChI is InChI=1S/C60H44N8O4/c1-69-57-37(17-13-33-9-5-29-61-53(33)57)49-41-21-23-43(65-41)50(38-18-14-34-10-6-30-62-54(34)58(38)70-2)45-25-27-47(67-45)52(40-20-16-36-12-8-32-64-56(36)60(40)72-4)48-28-26-46(68-48)51(44-24-22-42(49)66-44)39-19-15-35-11-7-31-63-55(35)59(39)71-3/h5-32,65-68H,1-4H3. The molecular weight excluding hydrogens is 897 g/mol. The van der Waals surface area contributed by atoms with E-state index in [-0.39, 0.29) is 0 Å². The quantitative estimate of drug-likeness (QED) is 0.118. The molecule has 8 aromatic heterocycles. The summed E-state index contributed by atoms with van der Waals surface area (Å²) in [5, 5.41) is 7.18. The summed E-state index contributed by atoms with van der Waals surface area (Å²) >= 11 is 0. The fourth-order valence-corrected chi connectivity index (χ4v) is 10.6. The van der Waals surface area contributed by atoms with E-state index in [2.05, 4.69) is 117 Å². The number of rotatable bonds is 8. The monoisotopic (exact) mass is 940 g/mol. The molecule has 4 N–H and O–H groups in total. The Balaban J connectivity index is 1.20. The van der Waals surface area contributed by atoms with Gasteiger partial charge in [-0.2, -0.15) is 0 Å². The van der Waals surface area contributed by atoms with Crippen molar-refractivity contribution < 1.29 is 18.9 Å². The van der Waals surface area contributed by atoms with E-state index in [0.29, 0.717) is 23.0 Å². The third kappa shape index (κ3) is 6.68. The molecule has 72 heavy (non-hydrogen) atoms. The molecule has 12 heteroatoms. The molecule has 0 radical (unpaired) electrons. The second-order valence-corrected chi connectivity index (χ2v) is 17.5. The van der Waals surface area contributed by atoms with Crippen LogP contribution in [0.4, 0.5) is 0 Å². The van der Waals surface area contributed by atoms with Gasteiger partial charge in [-0.3, -0.25) is 19.9 Å². The van der Waals surface area contributed by atoms with Crippen molar-refractivity contribution in [3.63, 3.8) is 0 Å². The van der Waals surface area contributed by atoms with E-state index in [4.69, 9.17) is 38.9 Å². The number of pyridine rings is 4. The number of nitrogens with zero attached hydrogens (tertiary/aromatic N) is 4. The molecule has 12 aromatic rings. The van der Waals surface area contributed by atoms with Gasteiger partial charge in [-0.05, 0) is 97.1 Å². The third-order valence-electron chi connectivity index (χ3n) is 13.7. The van der Waals surface area contributed by atoms with E-state index < -0.39 is 0 Å². The lowest BCUT2D eigenvalue weighted by Gasteiger charge is -2.16. The topological polar surface area (TPSA) is 152 Å². The third-order valence-corrected chi connectivity index (χ3v) is 13.7. The Bertz CT molecular complexity index is 3870. The smallest absolute Gasteiger partial charge is 0.153 e. The fraction of sp³-hybridized carbons (Fsp3) is 0.0667. The fourth-order valence-electron chi connectivity index (χ4n) is 10.6. The normalized spacial score (nSPS) is 12.6. The van der Waals surface area contributed by atoms with E-state index >= 15 is 0 Å². The largest absolute Gasteiger partial charge is 0.494 e. The first kappa shape index (κ1) is 42.4. The molecule has 1 aliphatic heterocycles.